The molecule has 0 aliphatic carbocycles. The summed E-state index contributed by atoms with van der Waals surface area (Å²) >= 11 is 0. The number of morpholine rings is 1. The quantitative estimate of drug-likeness (QED) is 0.763. The molecule has 2 fully saturated rings. The van der Waals surface area contributed by atoms with Gasteiger partial charge in [0.1, 0.15) is 0 Å². The van der Waals surface area contributed by atoms with Crippen molar-refractivity contribution in [1.82, 2.24) is 15.5 Å². The van der Waals surface area contributed by atoms with E-state index in [0.29, 0.717) is 12.1 Å². The standard InChI is InChI=1S/C14H29N3O/c1-12(9-13-11-18-8-6-15-13)16-10-14-5-3-4-7-17(14)2/h12-16H,3-11H2,1-2H3. The molecule has 0 aromatic rings. The summed E-state index contributed by atoms with van der Waals surface area (Å²) in [6.45, 7) is 7.42. The highest BCUT2D eigenvalue weighted by Gasteiger charge is 2.20. The molecule has 4 heteroatoms. The summed E-state index contributed by atoms with van der Waals surface area (Å²) in [5.74, 6) is 0. The van der Waals surface area contributed by atoms with Crippen molar-refractivity contribution in [3.05, 3.63) is 0 Å². The summed E-state index contributed by atoms with van der Waals surface area (Å²) in [5, 5.41) is 7.21. The van der Waals surface area contributed by atoms with Crippen LogP contribution in [0.25, 0.3) is 0 Å². The van der Waals surface area contributed by atoms with Gasteiger partial charge >= 0.3 is 0 Å². The Morgan fingerprint density at radius 3 is 3.06 bits per heavy atom. The average Bonchev–Trinajstić information content (AvgIpc) is 2.39. The molecule has 0 aromatic carbocycles. The molecule has 2 heterocycles. The lowest BCUT2D eigenvalue weighted by Gasteiger charge is -2.34. The number of nitrogens with one attached hydrogen (secondary N) is 2. The predicted molar refractivity (Wildman–Crippen MR) is 75.0 cm³/mol. The lowest BCUT2D eigenvalue weighted by Crippen LogP contribution is -2.48. The minimum atomic E-state index is 0.533. The van der Waals surface area contributed by atoms with Crippen molar-refractivity contribution in [3.63, 3.8) is 0 Å². The summed E-state index contributed by atoms with van der Waals surface area (Å²) in [7, 11) is 2.26. The molecule has 0 aromatic heterocycles. The summed E-state index contributed by atoms with van der Waals surface area (Å²) in [5.41, 5.74) is 0. The van der Waals surface area contributed by atoms with Crippen LogP contribution in [0, 0.1) is 0 Å². The van der Waals surface area contributed by atoms with Crippen LogP contribution in [-0.4, -0.2) is 62.9 Å². The van der Waals surface area contributed by atoms with Gasteiger partial charge in [-0.15, -0.1) is 0 Å². The van der Waals surface area contributed by atoms with E-state index in [0.717, 1.165) is 38.8 Å². The number of piperidine rings is 1. The maximum absolute atomic E-state index is 5.50. The Morgan fingerprint density at radius 2 is 2.33 bits per heavy atom. The Kier molecular flexibility index (Phi) is 5.89. The summed E-state index contributed by atoms with van der Waals surface area (Å²) in [4.78, 5) is 2.51. The molecular formula is C14H29N3O. The molecule has 4 nitrogen and oxygen atoms in total. The summed E-state index contributed by atoms with van der Waals surface area (Å²) < 4.78 is 5.50. The lowest BCUT2D eigenvalue weighted by atomic mass is 10.0. The van der Waals surface area contributed by atoms with Crippen molar-refractivity contribution >= 4 is 0 Å². The van der Waals surface area contributed by atoms with E-state index >= 15 is 0 Å². The number of hydrogen-bond donors (Lipinski definition) is 2. The third-order valence-electron chi connectivity index (χ3n) is 4.26. The van der Waals surface area contributed by atoms with Crippen LogP contribution in [0.3, 0.4) is 0 Å². The fourth-order valence-electron chi connectivity index (χ4n) is 3.02. The topological polar surface area (TPSA) is 36.5 Å². The van der Waals surface area contributed by atoms with E-state index in [1.807, 2.05) is 0 Å². The maximum atomic E-state index is 5.50. The monoisotopic (exact) mass is 255 g/mol. The normalized spacial score (nSPS) is 32.3. The minimum absolute atomic E-state index is 0.533. The van der Waals surface area contributed by atoms with Gasteiger partial charge in [-0.05, 0) is 39.8 Å². The van der Waals surface area contributed by atoms with E-state index < -0.39 is 0 Å². The third kappa shape index (κ3) is 4.50. The van der Waals surface area contributed by atoms with Crippen molar-refractivity contribution in [2.45, 2.75) is 50.7 Å². The third-order valence-corrected chi connectivity index (χ3v) is 4.26. The number of likely N-dealkylation sites (N-methyl/N-ethyl adjacent to an activating group) is 1. The molecule has 18 heavy (non-hydrogen) atoms. The molecule has 0 radical (unpaired) electrons. The molecule has 3 atom stereocenters. The zero-order chi connectivity index (χ0) is 12.8. The van der Waals surface area contributed by atoms with E-state index in [2.05, 4.69) is 29.5 Å². The lowest BCUT2D eigenvalue weighted by molar-refractivity contribution is 0.0706. The molecule has 0 bridgehead atoms. The highest BCUT2D eigenvalue weighted by molar-refractivity contribution is 4.80. The average molecular weight is 255 g/mol. The van der Waals surface area contributed by atoms with Crippen LogP contribution in [0.4, 0.5) is 0 Å². The van der Waals surface area contributed by atoms with E-state index in [-0.39, 0.29) is 0 Å². The van der Waals surface area contributed by atoms with Gasteiger partial charge in [0.15, 0.2) is 0 Å². The van der Waals surface area contributed by atoms with Crippen LogP contribution in [0.5, 0.6) is 0 Å². The van der Waals surface area contributed by atoms with E-state index in [4.69, 9.17) is 4.74 Å². The SMILES string of the molecule is CC(CC1COCCN1)NCC1CCCCN1C. The highest BCUT2D eigenvalue weighted by Crippen LogP contribution is 2.14. The molecular weight excluding hydrogens is 226 g/mol. The second-order valence-electron chi connectivity index (χ2n) is 5.90. The summed E-state index contributed by atoms with van der Waals surface area (Å²) in [6, 6.07) is 1.83. The molecule has 2 N–H and O–H groups in total. The molecule has 2 aliphatic heterocycles. The van der Waals surface area contributed by atoms with Crippen molar-refractivity contribution in [2.24, 2.45) is 0 Å². The number of nitrogens with zero attached hydrogens (tertiary/aromatic N) is 1. The van der Waals surface area contributed by atoms with Crippen LogP contribution in [0.1, 0.15) is 32.6 Å². The van der Waals surface area contributed by atoms with Gasteiger partial charge < -0.3 is 20.3 Å². The van der Waals surface area contributed by atoms with E-state index in [1.54, 1.807) is 0 Å². The second-order valence-corrected chi connectivity index (χ2v) is 5.90. The molecule has 2 aliphatic rings. The van der Waals surface area contributed by atoms with Crippen molar-refractivity contribution in [3.8, 4) is 0 Å². The first-order valence-electron chi connectivity index (χ1n) is 7.50. The fourth-order valence-corrected chi connectivity index (χ4v) is 3.02. The Labute approximate surface area is 111 Å². The Bertz CT molecular complexity index is 231. The van der Waals surface area contributed by atoms with Gasteiger partial charge in [-0.2, -0.15) is 0 Å². The van der Waals surface area contributed by atoms with Gasteiger partial charge in [0.05, 0.1) is 13.2 Å². The molecule has 3 unspecified atom stereocenters. The Morgan fingerprint density at radius 1 is 1.44 bits per heavy atom. The van der Waals surface area contributed by atoms with Crippen LogP contribution in [0.15, 0.2) is 0 Å². The first-order chi connectivity index (χ1) is 8.75. The first-order valence-corrected chi connectivity index (χ1v) is 7.50. The molecule has 0 saturated carbocycles. The van der Waals surface area contributed by atoms with Gasteiger partial charge in [-0.1, -0.05) is 6.42 Å². The number of likely N-dealkylation sites (tertiary alicyclic amines) is 1. The number of hydrogen-bond acceptors (Lipinski definition) is 4. The fraction of sp³-hybridized carbons (Fsp3) is 1.00. The Balaban J connectivity index is 1.62. The van der Waals surface area contributed by atoms with Crippen LogP contribution in [0.2, 0.25) is 0 Å². The van der Waals surface area contributed by atoms with Crippen LogP contribution in [-0.2, 0) is 4.74 Å². The molecule has 2 saturated heterocycles. The first kappa shape index (κ1) is 14.3. The van der Waals surface area contributed by atoms with E-state index in [1.165, 1.54) is 25.8 Å². The van der Waals surface area contributed by atoms with E-state index in [9.17, 15) is 0 Å². The van der Waals surface area contributed by atoms with Crippen molar-refractivity contribution < 1.29 is 4.74 Å². The number of rotatable bonds is 5. The van der Waals surface area contributed by atoms with Crippen LogP contribution >= 0.6 is 0 Å². The molecule has 2 rings (SSSR count). The number of ether oxygens (including phenoxy) is 1. The smallest absolute Gasteiger partial charge is 0.0620 e. The minimum Gasteiger partial charge on any atom is -0.379 e. The largest absolute Gasteiger partial charge is 0.379 e. The van der Waals surface area contributed by atoms with Crippen molar-refractivity contribution in [1.29, 1.82) is 0 Å². The summed E-state index contributed by atoms with van der Waals surface area (Å²) in [6.07, 6.45) is 5.27. The van der Waals surface area contributed by atoms with Gasteiger partial charge in [0.25, 0.3) is 0 Å². The van der Waals surface area contributed by atoms with Gasteiger partial charge in [0.2, 0.25) is 0 Å². The highest BCUT2D eigenvalue weighted by atomic mass is 16.5. The predicted octanol–water partition coefficient (Wildman–Crippen LogP) is 0.827. The van der Waals surface area contributed by atoms with Crippen LogP contribution < -0.4 is 10.6 Å². The van der Waals surface area contributed by atoms with Gasteiger partial charge in [-0.3, -0.25) is 0 Å². The molecule has 106 valence electrons. The maximum Gasteiger partial charge on any atom is 0.0620 e. The molecule has 0 spiro atoms. The van der Waals surface area contributed by atoms with Gasteiger partial charge in [-0.25, -0.2) is 0 Å². The van der Waals surface area contributed by atoms with Crippen molar-refractivity contribution in [2.75, 3.05) is 39.9 Å². The Hall–Kier alpha value is -0.160. The zero-order valence-corrected chi connectivity index (χ0v) is 12.0. The second kappa shape index (κ2) is 7.43. The molecule has 0 amide bonds. The zero-order valence-electron chi connectivity index (χ0n) is 12.0. The van der Waals surface area contributed by atoms with Gasteiger partial charge in [0, 0.05) is 31.2 Å².